The van der Waals surface area contributed by atoms with E-state index in [-0.39, 0.29) is 29.7 Å². The maximum absolute atomic E-state index is 14.4. The summed E-state index contributed by atoms with van der Waals surface area (Å²) in [5.41, 5.74) is 2.29. The lowest BCUT2D eigenvalue weighted by Crippen LogP contribution is -2.49. The van der Waals surface area contributed by atoms with Gasteiger partial charge in [0.05, 0.1) is 21.0 Å². The number of likely N-dealkylation sites (N-methyl/N-ethyl adjacent to an activating group) is 1. The number of para-hydroxylation sites is 1. The molecule has 1 saturated heterocycles. The average Bonchev–Trinajstić information content (AvgIpc) is 3.93. The first-order valence-electron chi connectivity index (χ1n) is 18.7. The van der Waals surface area contributed by atoms with E-state index in [1.54, 1.807) is 46.0 Å². The predicted octanol–water partition coefficient (Wildman–Crippen LogP) is 5.63. The minimum atomic E-state index is -4.50. The number of ether oxygens (including phenoxy) is 3. The van der Waals surface area contributed by atoms with Crippen LogP contribution in [0.25, 0.3) is 32.0 Å². The van der Waals surface area contributed by atoms with Crippen LogP contribution in [0.4, 0.5) is 17.6 Å². The van der Waals surface area contributed by atoms with Crippen molar-refractivity contribution in [2.24, 2.45) is 0 Å². The maximum atomic E-state index is 14.4. The second kappa shape index (κ2) is 17.2. The van der Waals surface area contributed by atoms with Crippen LogP contribution in [0.15, 0.2) is 71.5 Å². The summed E-state index contributed by atoms with van der Waals surface area (Å²) in [7, 11) is 5.40. The van der Waals surface area contributed by atoms with E-state index in [4.69, 9.17) is 30.2 Å². The molecule has 0 bridgehead atoms. The SMILES string of the molecule is BC(B)(c1ccccc1OCc1ccnn1CC(F)(F)F)C(Oc1ncnc2sc(-c3ccc(F)o3)c(-c3ccc(OCCN4CCN(C)CC4)c(Cl)c3C)c12)C(=O)O. The van der Waals surface area contributed by atoms with E-state index >= 15 is 0 Å². The summed E-state index contributed by atoms with van der Waals surface area (Å²) in [6, 6.07) is 13.5. The van der Waals surface area contributed by atoms with Gasteiger partial charge in [-0.25, -0.2) is 14.8 Å². The van der Waals surface area contributed by atoms with Gasteiger partial charge >= 0.3 is 12.1 Å². The number of piperazine rings is 1. The number of thiophene rings is 1. The number of benzene rings is 2. The Morgan fingerprint density at radius 2 is 1.80 bits per heavy atom. The zero-order valence-electron chi connectivity index (χ0n) is 32.6. The molecule has 1 unspecified atom stereocenters. The Labute approximate surface area is 347 Å². The monoisotopic (exact) mass is 852 g/mol. The molecule has 1 aliphatic heterocycles. The summed E-state index contributed by atoms with van der Waals surface area (Å²) in [4.78, 5) is 27.6. The number of aromatic nitrogens is 4. The molecule has 59 heavy (non-hydrogen) atoms. The fourth-order valence-electron chi connectivity index (χ4n) is 7.09. The van der Waals surface area contributed by atoms with Gasteiger partial charge in [-0.2, -0.15) is 22.7 Å². The Morgan fingerprint density at radius 3 is 2.51 bits per heavy atom. The number of carboxylic acids is 1. The van der Waals surface area contributed by atoms with Crippen LogP contribution in [0.2, 0.25) is 5.02 Å². The summed E-state index contributed by atoms with van der Waals surface area (Å²) >= 11 is 8.16. The molecule has 0 saturated carbocycles. The molecular weight excluding hydrogens is 814 g/mol. The quantitative estimate of drug-likeness (QED) is 0.102. The van der Waals surface area contributed by atoms with Crippen molar-refractivity contribution in [2.45, 2.75) is 37.6 Å². The molecule has 7 rings (SSSR count). The number of hydrogen-bond acceptors (Lipinski definition) is 11. The van der Waals surface area contributed by atoms with E-state index in [2.05, 4.69) is 31.9 Å². The van der Waals surface area contributed by atoms with Crippen molar-refractivity contribution >= 4 is 54.8 Å². The molecule has 0 amide bonds. The van der Waals surface area contributed by atoms with E-state index in [1.807, 2.05) is 13.0 Å². The highest BCUT2D eigenvalue weighted by Crippen LogP contribution is 2.50. The molecular formula is C39H39B2ClF4N6O6S. The summed E-state index contributed by atoms with van der Waals surface area (Å²) in [6.45, 7) is 5.27. The molecule has 0 radical (unpaired) electrons. The lowest BCUT2D eigenvalue weighted by Gasteiger charge is -2.33. The van der Waals surface area contributed by atoms with Gasteiger partial charge in [0.1, 0.15) is 63.9 Å². The molecule has 1 atom stereocenters. The highest BCUT2D eigenvalue weighted by molar-refractivity contribution is 7.22. The van der Waals surface area contributed by atoms with Crippen molar-refractivity contribution in [1.29, 1.82) is 0 Å². The van der Waals surface area contributed by atoms with Gasteiger partial charge in [-0.05, 0) is 60.1 Å². The predicted molar refractivity (Wildman–Crippen MR) is 220 cm³/mol. The number of furan rings is 1. The second-order valence-electron chi connectivity index (χ2n) is 14.8. The number of halogens is 5. The van der Waals surface area contributed by atoms with Crippen LogP contribution in [0.5, 0.6) is 17.4 Å². The molecule has 308 valence electrons. The number of nitrogens with zero attached hydrogens (tertiary/aromatic N) is 6. The first-order valence-corrected chi connectivity index (χ1v) is 19.9. The summed E-state index contributed by atoms with van der Waals surface area (Å²) in [5, 5.41) is 13.9. The molecule has 12 nitrogen and oxygen atoms in total. The van der Waals surface area contributed by atoms with Crippen LogP contribution in [0, 0.1) is 12.9 Å². The number of aliphatic carboxylic acids is 1. The first kappa shape index (κ1) is 42.0. The zero-order chi connectivity index (χ0) is 42.1. The lowest BCUT2D eigenvalue weighted by atomic mass is 9.48. The Bertz CT molecular complexity index is 2460. The van der Waals surface area contributed by atoms with Crippen LogP contribution in [-0.4, -0.2) is 115 Å². The topological polar surface area (TPSA) is 128 Å². The third-order valence-electron chi connectivity index (χ3n) is 10.3. The smallest absolute Gasteiger partial charge is 0.408 e. The molecule has 6 aromatic rings. The standard InChI is InChI=1S/C39H39B2ClF4N6O6S/c1-22-24(7-8-27(32(22)42)55-18-17-51-15-13-50(2)14-16-51)30-31-35(47-21-48-36(31)59-33(30)28-9-10-29(43)57-28)58-34(37(53)54)39(40,41)25-5-3-4-6-26(25)56-19-23-11-12-49-52(23)20-38(44,45)46/h3-12,21,34H,13-20,40-41H2,1-2H3,(H,53,54). The number of hydrogen-bond donors (Lipinski definition) is 1. The van der Waals surface area contributed by atoms with Crippen molar-refractivity contribution in [3.63, 3.8) is 0 Å². The Kier molecular flexibility index (Phi) is 12.3. The number of fused-ring (bicyclic) bond motifs is 1. The zero-order valence-corrected chi connectivity index (χ0v) is 34.1. The lowest BCUT2D eigenvalue weighted by molar-refractivity contribution is -0.146. The fraction of sp³-hybridized carbons (Fsp3) is 0.333. The number of carbonyl (C=O) groups is 1. The van der Waals surface area contributed by atoms with E-state index in [0.29, 0.717) is 54.7 Å². The van der Waals surface area contributed by atoms with E-state index in [9.17, 15) is 27.5 Å². The van der Waals surface area contributed by atoms with Gasteiger partial charge < -0.3 is 28.6 Å². The molecule has 1 aliphatic rings. The summed E-state index contributed by atoms with van der Waals surface area (Å²) in [5.74, 6) is -0.486. The van der Waals surface area contributed by atoms with Crippen LogP contribution < -0.4 is 14.2 Å². The third kappa shape index (κ3) is 9.22. The van der Waals surface area contributed by atoms with Gasteiger partial charge in [0, 0.05) is 50.6 Å². The highest BCUT2D eigenvalue weighted by Gasteiger charge is 2.42. The second-order valence-corrected chi connectivity index (χ2v) is 16.1. The molecule has 1 N–H and O–H groups in total. The number of rotatable bonds is 15. The Hall–Kier alpha value is -5.10. The fourth-order valence-corrected chi connectivity index (χ4v) is 8.42. The third-order valence-corrected chi connectivity index (χ3v) is 11.9. The van der Waals surface area contributed by atoms with Crippen LogP contribution in [0.1, 0.15) is 16.8 Å². The van der Waals surface area contributed by atoms with Crippen molar-refractivity contribution in [3.8, 4) is 39.1 Å². The number of carboxylic acid groups (broad SMARTS) is 1. The molecule has 5 heterocycles. The largest absolute Gasteiger partial charge is 0.491 e. The summed E-state index contributed by atoms with van der Waals surface area (Å²) < 4.78 is 78.8. The van der Waals surface area contributed by atoms with Crippen LogP contribution in [0.3, 0.4) is 0 Å². The molecule has 1 fully saturated rings. The van der Waals surface area contributed by atoms with Gasteiger partial charge in [0.25, 0.3) is 6.01 Å². The minimum Gasteiger partial charge on any atom is -0.491 e. The van der Waals surface area contributed by atoms with Crippen molar-refractivity contribution in [3.05, 3.63) is 95.0 Å². The first-order chi connectivity index (χ1) is 28.1. The molecule has 4 aromatic heterocycles. The van der Waals surface area contributed by atoms with E-state index < -0.39 is 36.0 Å². The van der Waals surface area contributed by atoms with Gasteiger partial charge in [-0.1, -0.05) is 35.9 Å². The minimum absolute atomic E-state index is 0.0718. The Balaban J connectivity index is 1.23. The normalized spacial score (nSPS) is 14.8. The number of alkyl halides is 3. The van der Waals surface area contributed by atoms with Crippen LogP contribution >= 0.6 is 22.9 Å². The molecule has 0 spiro atoms. The molecule has 2 aromatic carbocycles. The van der Waals surface area contributed by atoms with E-state index in [0.717, 1.165) is 37.4 Å². The molecule has 20 heteroatoms. The van der Waals surface area contributed by atoms with Gasteiger partial charge in [0.15, 0.2) is 6.10 Å². The van der Waals surface area contributed by atoms with E-state index in [1.165, 1.54) is 42.1 Å². The summed E-state index contributed by atoms with van der Waals surface area (Å²) in [6.07, 6.45) is -3.60. The Morgan fingerprint density at radius 1 is 1.03 bits per heavy atom. The van der Waals surface area contributed by atoms with Crippen molar-refractivity contribution in [2.75, 3.05) is 46.4 Å². The van der Waals surface area contributed by atoms with Crippen molar-refractivity contribution < 1.29 is 46.1 Å². The van der Waals surface area contributed by atoms with Gasteiger partial charge in [-0.3, -0.25) is 9.58 Å². The van der Waals surface area contributed by atoms with Gasteiger partial charge in [0.2, 0.25) is 5.88 Å². The van der Waals surface area contributed by atoms with Crippen molar-refractivity contribution in [1.82, 2.24) is 29.5 Å². The average molecular weight is 853 g/mol. The highest BCUT2D eigenvalue weighted by atomic mass is 35.5. The maximum Gasteiger partial charge on any atom is 0.408 e. The molecule has 0 aliphatic carbocycles. The van der Waals surface area contributed by atoms with Crippen LogP contribution in [-0.2, 0) is 23.2 Å². The van der Waals surface area contributed by atoms with Gasteiger partial charge in [-0.15, -0.1) is 11.3 Å².